The predicted molar refractivity (Wildman–Crippen MR) is 140 cm³/mol. The molecule has 2 aromatic carbocycles. The molecule has 0 N–H and O–H groups in total. The fourth-order valence-corrected chi connectivity index (χ4v) is 7.56. The Balaban J connectivity index is 1.41. The van der Waals surface area contributed by atoms with Crippen molar-refractivity contribution >= 4 is 17.1 Å². The average molecular weight is 468 g/mol. The summed E-state index contributed by atoms with van der Waals surface area (Å²) in [5.41, 5.74) is 12.3. The fraction of sp³-hybridized carbons (Fsp3) is 0.452. The van der Waals surface area contributed by atoms with E-state index in [0.29, 0.717) is 6.61 Å². The lowest BCUT2D eigenvalue weighted by atomic mass is 9.74. The summed E-state index contributed by atoms with van der Waals surface area (Å²) in [6.45, 7) is 12.2. The molecule has 0 radical (unpaired) electrons. The highest BCUT2D eigenvalue weighted by Gasteiger charge is 2.54. The van der Waals surface area contributed by atoms with Crippen molar-refractivity contribution in [2.75, 3.05) is 25.1 Å². The molecular weight excluding hydrogens is 432 g/mol. The van der Waals surface area contributed by atoms with Crippen LogP contribution in [0, 0.1) is 0 Å². The van der Waals surface area contributed by atoms with E-state index < -0.39 is 0 Å². The van der Waals surface area contributed by atoms with Crippen molar-refractivity contribution in [3.63, 3.8) is 0 Å². The maximum absolute atomic E-state index is 6.94. The van der Waals surface area contributed by atoms with Gasteiger partial charge in [-0.2, -0.15) is 4.58 Å². The second-order valence-corrected chi connectivity index (χ2v) is 11.8. The molecule has 5 aliphatic heterocycles. The predicted octanol–water partition coefficient (Wildman–Crippen LogP) is 5.76. The molecule has 2 unspecified atom stereocenters. The third kappa shape index (κ3) is 2.78. The topological polar surface area (TPSA) is 24.7 Å². The number of hydrogen-bond acceptors (Lipinski definition) is 3. The molecule has 0 fully saturated rings. The van der Waals surface area contributed by atoms with Gasteiger partial charge in [0.1, 0.15) is 0 Å². The zero-order chi connectivity index (χ0) is 24.1. The second kappa shape index (κ2) is 7.18. The van der Waals surface area contributed by atoms with Gasteiger partial charge in [-0.3, -0.25) is 0 Å². The average Bonchev–Trinajstić information content (AvgIpc) is 3.23. The molecule has 0 saturated carbocycles. The molecule has 0 bridgehead atoms. The summed E-state index contributed by atoms with van der Waals surface area (Å²) < 4.78 is 14.9. The molecule has 0 aromatic heterocycles. The number of rotatable bonds is 2. The largest absolute Gasteiger partial charge is 0.380 e. The van der Waals surface area contributed by atoms with E-state index >= 15 is 0 Å². The van der Waals surface area contributed by atoms with Crippen LogP contribution in [0.3, 0.4) is 0 Å². The van der Waals surface area contributed by atoms with E-state index in [1.165, 1.54) is 50.6 Å². The summed E-state index contributed by atoms with van der Waals surface area (Å²) in [5.74, 6) is 0. The van der Waals surface area contributed by atoms with Gasteiger partial charge >= 0.3 is 0 Å². The van der Waals surface area contributed by atoms with Crippen molar-refractivity contribution in [1.82, 2.24) is 0 Å². The van der Waals surface area contributed by atoms with Crippen LogP contribution in [0.4, 0.5) is 11.4 Å². The first-order valence-electron chi connectivity index (χ1n) is 13.1. The summed E-state index contributed by atoms with van der Waals surface area (Å²) in [5, 5.41) is 0. The van der Waals surface area contributed by atoms with Crippen molar-refractivity contribution in [2.24, 2.45) is 0 Å². The third-order valence-electron chi connectivity index (χ3n) is 9.04. The number of ether oxygens (including phenoxy) is 2. The number of nitrogens with zero attached hydrogens (tertiary/aromatic N) is 2. The van der Waals surface area contributed by atoms with Crippen molar-refractivity contribution in [1.29, 1.82) is 0 Å². The van der Waals surface area contributed by atoms with Gasteiger partial charge in [-0.15, -0.1) is 0 Å². The van der Waals surface area contributed by atoms with E-state index in [9.17, 15) is 0 Å². The molecule has 180 valence electrons. The van der Waals surface area contributed by atoms with Crippen LogP contribution in [-0.2, 0) is 26.9 Å². The Morgan fingerprint density at radius 1 is 1.00 bits per heavy atom. The lowest BCUT2D eigenvalue weighted by molar-refractivity contribution is -0.445. The van der Waals surface area contributed by atoms with E-state index in [2.05, 4.69) is 85.7 Å². The number of fused-ring (bicyclic) bond motifs is 8. The van der Waals surface area contributed by atoms with E-state index in [-0.39, 0.29) is 23.0 Å². The van der Waals surface area contributed by atoms with Crippen LogP contribution >= 0.6 is 0 Å². The third-order valence-corrected chi connectivity index (χ3v) is 9.04. The summed E-state index contributed by atoms with van der Waals surface area (Å²) in [4.78, 5) is 2.57. The Bertz CT molecular complexity index is 1360. The van der Waals surface area contributed by atoms with Gasteiger partial charge in [0.15, 0.2) is 12.3 Å². The van der Waals surface area contributed by atoms with Gasteiger partial charge in [-0.25, -0.2) is 0 Å². The first-order valence-corrected chi connectivity index (χ1v) is 13.1. The molecular formula is C31H35N2O2+. The van der Waals surface area contributed by atoms with Crippen molar-refractivity contribution in [3.05, 3.63) is 82.1 Å². The molecule has 4 nitrogen and oxygen atoms in total. The molecule has 2 atom stereocenters. The number of methoxy groups -OCH3 is 1. The normalized spacial score (nSPS) is 27.0. The van der Waals surface area contributed by atoms with Gasteiger partial charge in [0.2, 0.25) is 5.69 Å². The smallest absolute Gasteiger partial charge is 0.209 e. The summed E-state index contributed by atoms with van der Waals surface area (Å²) in [6.07, 6.45) is 5.00. The number of hydrogen-bond donors (Lipinski definition) is 0. The highest BCUT2D eigenvalue weighted by molar-refractivity contribution is 6.08. The number of para-hydroxylation sites is 1. The van der Waals surface area contributed by atoms with Crippen LogP contribution in [0.15, 0.2) is 65.4 Å². The van der Waals surface area contributed by atoms with E-state index in [4.69, 9.17) is 9.47 Å². The van der Waals surface area contributed by atoms with E-state index in [1.54, 1.807) is 7.11 Å². The monoisotopic (exact) mass is 467 g/mol. The van der Waals surface area contributed by atoms with Crippen LogP contribution in [0.5, 0.6) is 0 Å². The Hall–Kier alpha value is -2.69. The van der Waals surface area contributed by atoms with Gasteiger partial charge in [-0.1, -0.05) is 44.2 Å². The maximum atomic E-state index is 6.94. The zero-order valence-electron chi connectivity index (χ0n) is 21.5. The second-order valence-electron chi connectivity index (χ2n) is 11.8. The number of benzene rings is 2. The molecule has 0 saturated heterocycles. The van der Waals surface area contributed by atoms with Crippen LogP contribution < -0.4 is 4.90 Å². The first-order chi connectivity index (χ1) is 16.8. The highest BCUT2D eigenvalue weighted by atomic mass is 16.5. The SMILES string of the molecule is COCc1ccc2c(c1)C(C)(C)C1=C3C=C4C5=[N+](CCC4OC3CCN12)c1ccccc1C5(C)C. The highest BCUT2D eigenvalue weighted by Crippen LogP contribution is 2.54. The van der Waals surface area contributed by atoms with Crippen molar-refractivity contribution in [2.45, 2.75) is 70.2 Å². The van der Waals surface area contributed by atoms with Crippen LogP contribution in [0.25, 0.3) is 0 Å². The standard InChI is InChI=1S/C31H35N2O2/c1-30(2)22-8-6-7-9-24(22)32-14-12-26-20(28(30)32)17-21-27(35-26)13-15-33-25-11-10-19(18-34-5)16-23(25)31(3,4)29(21)33/h6-11,16-17,26-27H,12-15,18H2,1-5H3/q+1. The zero-order valence-corrected chi connectivity index (χ0v) is 21.5. The maximum Gasteiger partial charge on any atom is 0.209 e. The molecule has 0 aliphatic carbocycles. The lowest BCUT2D eigenvalue weighted by Gasteiger charge is -2.42. The van der Waals surface area contributed by atoms with Crippen molar-refractivity contribution < 1.29 is 14.0 Å². The van der Waals surface area contributed by atoms with Crippen LogP contribution in [0.1, 0.15) is 57.2 Å². The quantitative estimate of drug-likeness (QED) is 0.525. The van der Waals surface area contributed by atoms with Crippen molar-refractivity contribution in [3.8, 4) is 0 Å². The molecule has 5 aliphatic rings. The van der Waals surface area contributed by atoms with Crippen LogP contribution in [-0.4, -0.2) is 42.7 Å². The Morgan fingerprint density at radius 2 is 1.83 bits per heavy atom. The molecule has 0 amide bonds. The molecule has 7 rings (SSSR count). The molecule has 0 spiro atoms. The first kappa shape index (κ1) is 21.6. The summed E-state index contributed by atoms with van der Waals surface area (Å²) in [7, 11) is 1.77. The van der Waals surface area contributed by atoms with E-state index in [0.717, 1.165) is 25.9 Å². The Morgan fingerprint density at radius 3 is 2.66 bits per heavy atom. The lowest BCUT2D eigenvalue weighted by Crippen LogP contribution is -2.47. The summed E-state index contributed by atoms with van der Waals surface area (Å²) >= 11 is 0. The number of anilines is 1. The molecule has 4 heteroatoms. The summed E-state index contributed by atoms with van der Waals surface area (Å²) in [6, 6.07) is 15.8. The van der Waals surface area contributed by atoms with Gasteiger partial charge in [0.25, 0.3) is 0 Å². The Kier molecular flexibility index (Phi) is 4.43. The Labute approximate surface area is 208 Å². The minimum atomic E-state index is -0.0759. The van der Waals surface area contributed by atoms with Gasteiger partial charge in [0, 0.05) is 59.7 Å². The van der Waals surface area contributed by atoms with Gasteiger partial charge in [-0.05, 0) is 43.5 Å². The molecule has 5 heterocycles. The van der Waals surface area contributed by atoms with Gasteiger partial charge < -0.3 is 14.4 Å². The molecule has 2 aromatic rings. The number of allylic oxidation sites excluding steroid dienone is 1. The molecule has 35 heavy (non-hydrogen) atoms. The minimum absolute atomic E-state index is 0.0277. The van der Waals surface area contributed by atoms with Crippen LogP contribution in [0.2, 0.25) is 0 Å². The fourth-order valence-electron chi connectivity index (χ4n) is 7.56. The van der Waals surface area contributed by atoms with E-state index in [1.807, 2.05) is 0 Å². The van der Waals surface area contributed by atoms with Gasteiger partial charge in [0.05, 0.1) is 24.2 Å². The minimum Gasteiger partial charge on any atom is -0.380 e.